The summed E-state index contributed by atoms with van der Waals surface area (Å²) in [6, 6.07) is 5.74. The zero-order chi connectivity index (χ0) is 14.7. The monoisotopic (exact) mass is 317 g/mol. The molecule has 0 aromatic carbocycles. The Morgan fingerprint density at radius 3 is 3.10 bits per heavy atom. The van der Waals surface area contributed by atoms with Crippen molar-refractivity contribution in [2.45, 2.75) is 19.8 Å². The van der Waals surface area contributed by atoms with Crippen molar-refractivity contribution in [3.05, 3.63) is 45.4 Å². The van der Waals surface area contributed by atoms with Gasteiger partial charge in [-0.05, 0) is 18.6 Å². The predicted molar refractivity (Wildman–Crippen MR) is 87.1 cm³/mol. The van der Waals surface area contributed by atoms with Crippen molar-refractivity contribution in [3.63, 3.8) is 0 Å². The highest BCUT2D eigenvalue weighted by Crippen LogP contribution is 2.22. The van der Waals surface area contributed by atoms with E-state index in [1.54, 1.807) is 17.5 Å². The van der Waals surface area contributed by atoms with Gasteiger partial charge in [0.25, 0.3) is 5.91 Å². The second-order valence-corrected chi connectivity index (χ2v) is 6.57. The van der Waals surface area contributed by atoms with Crippen molar-refractivity contribution < 1.29 is 4.79 Å². The van der Waals surface area contributed by atoms with Crippen molar-refractivity contribution in [3.8, 4) is 0 Å². The topological polar surface area (TPSA) is 54.9 Å². The molecule has 0 saturated carbocycles. The summed E-state index contributed by atoms with van der Waals surface area (Å²) >= 11 is 3.10. The van der Waals surface area contributed by atoms with Crippen LogP contribution in [-0.2, 0) is 12.8 Å². The molecule has 0 aliphatic carbocycles. The molecule has 3 rings (SSSR count). The van der Waals surface area contributed by atoms with Crippen LogP contribution in [0.4, 0.5) is 0 Å². The summed E-state index contributed by atoms with van der Waals surface area (Å²) < 4.78 is 0. The zero-order valence-corrected chi connectivity index (χ0v) is 13.3. The number of rotatable bonds is 5. The number of hydrogen-bond acceptors (Lipinski definition) is 5. The number of aromatic nitrogens is 2. The van der Waals surface area contributed by atoms with E-state index in [-0.39, 0.29) is 5.91 Å². The van der Waals surface area contributed by atoms with Gasteiger partial charge in [0.15, 0.2) is 0 Å². The summed E-state index contributed by atoms with van der Waals surface area (Å²) in [5, 5.41) is 7.17. The number of amides is 1. The van der Waals surface area contributed by atoms with E-state index in [0.717, 1.165) is 33.8 Å². The van der Waals surface area contributed by atoms with Crippen LogP contribution in [0.5, 0.6) is 0 Å². The Morgan fingerprint density at radius 1 is 1.43 bits per heavy atom. The van der Waals surface area contributed by atoms with Gasteiger partial charge in [-0.25, -0.2) is 9.97 Å². The van der Waals surface area contributed by atoms with Gasteiger partial charge >= 0.3 is 0 Å². The number of pyridine rings is 1. The summed E-state index contributed by atoms with van der Waals surface area (Å²) in [6.07, 6.45) is 3.48. The van der Waals surface area contributed by atoms with Gasteiger partial charge in [-0.3, -0.25) is 4.79 Å². The third kappa shape index (κ3) is 3.28. The van der Waals surface area contributed by atoms with E-state index < -0.39 is 0 Å². The smallest absolute Gasteiger partial charge is 0.261 e. The third-order valence-electron chi connectivity index (χ3n) is 3.09. The van der Waals surface area contributed by atoms with Crippen LogP contribution in [0.1, 0.15) is 27.3 Å². The van der Waals surface area contributed by atoms with Crippen molar-refractivity contribution in [2.75, 3.05) is 6.54 Å². The van der Waals surface area contributed by atoms with Crippen LogP contribution in [0.25, 0.3) is 10.2 Å². The lowest BCUT2D eigenvalue weighted by molar-refractivity contribution is 0.0958. The molecule has 6 heteroatoms. The van der Waals surface area contributed by atoms with Gasteiger partial charge in [-0.1, -0.05) is 13.0 Å². The number of hydrogen-bond donors (Lipinski definition) is 1. The van der Waals surface area contributed by atoms with E-state index >= 15 is 0 Å². The highest BCUT2D eigenvalue weighted by molar-refractivity contribution is 7.20. The molecular formula is C15H15N3OS2. The van der Waals surface area contributed by atoms with Crippen LogP contribution in [0, 0.1) is 0 Å². The number of nitrogens with zero attached hydrogens (tertiary/aromatic N) is 2. The molecule has 0 fully saturated rings. The lowest BCUT2D eigenvalue weighted by atomic mass is 10.3. The van der Waals surface area contributed by atoms with Crippen LogP contribution >= 0.6 is 22.7 Å². The van der Waals surface area contributed by atoms with E-state index in [2.05, 4.69) is 27.6 Å². The number of thiophene rings is 1. The molecule has 3 heterocycles. The number of carbonyl (C=O) groups is 1. The first kappa shape index (κ1) is 14.2. The fraction of sp³-hybridized carbons (Fsp3) is 0.267. The summed E-state index contributed by atoms with van der Waals surface area (Å²) in [6.45, 7) is 2.70. The van der Waals surface area contributed by atoms with Gasteiger partial charge in [0, 0.05) is 29.9 Å². The lowest BCUT2D eigenvalue weighted by Crippen LogP contribution is -2.24. The summed E-state index contributed by atoms with van der Waals surface area (Å²) in [4.78, 5) is 22.5. The first-order chi connectivity index (χ1) is 10.3. The molecular weight excluding hydrogens is 302 g/mol. The summed E-state index contributed by atoms with van der Waals surface area (Å²) in [7, 11) is 0. The van der Waals surface area contributed by atoms with E-state index in [1.807, 2.05) is 18.2 Å². The van der Waals surface area contributed by atoms with Crippen molar-refractivity contribution >= 4 is 38.8 Å². The first-order valence-electron chi connectivity index (χ1n) is 6.82. The van der Waals surface area contributed by atoms with Crippen molar-refractivity contribution in [1.29, 1.82) is 0 Å². The Balaban J connectivity index is 1.58. The summed E-state index contributed by atoms with van der Waals surface area (Å²) in [5.74, 6) is -0.0380. The van der Waals surface area contributed by atoms with Gasteiger partial charge in [-0.2, -0.15) is 0 Å². The van der Waals surface area contributed by atoms with Crippen LogP contribution in [0.3, 0.4) is 0 Å². The second-order valence-electron chi connectivity index (χ2n) is 4.60. The van der Waals surface area contributed by atoms with Gasteiger partial charge in [0.2, 0.25) is 0 Å². The zero-order valence-electron chi connectivity index (χ0n) is 11.6. The van der Waals surface area contributed by atoms with Crippen LogP contribution in [0.2, 0.25) is 0 Å². The molecule has 0 atom stereocenters. The molecule has 0 spiro atoms. The number of thiazole rings is 1. The van der Waals surface area contributed by atoms with Gasteiger partial charge in [-0.15, -0.1) is 22.7 Å². The minimum Gasteiger partial charge on any atom is -0.351 e. The molecule has 0 aliphatic rings. The fourth-order valence-corrected chi connectivity index (χ4v) is 3.70. The SMILES string of the molecule is CCc1nc(CCNC(=O)c2cc3cccnc3s2)cs1. The Kier molecular flexibility index (Phi) is 4.26. The van der Waals surface area contributed by atoms with Crippen molar-refractivity contribution in [2.24, 2.45) is 0 Å². The third-order valence-corrected chi connectivity index (χ3v) is 5.19. The Morgan fingerprint density at radius 2 is 2.33 bits per heavy atom. The molecule has 0 aliphatic heterocycles. The molecule has 0 saturated heterocycles. The molecule has 0 radical (unpaired) electrons. The first-order valence-corrected chi connectivity index (χ1v) is 8.52. The maximum Gasteiger partial charge on any atom is 0.261 e. The molecule has 1 N–H and O–H groups in total. The maximum absolute atomic E-state index is 12.1. The van der Waals surface area contributed by atoms with Crippen molar-refractivity contribution in [1.82, 2.24) is 15.3 Å². The molecule has 4 nitrogen and oxygen atoms in total. The van der Waals surface area contributed by atoms with Crippen LogP contribution < -0.4 is 5.32 Å². The minimum atomic E-state index is -0.0380. The number of carbonyl (C=O) groups excluding carboxylic acids is 1. The average molecular weight is 317 g/mol. The number of nitrogens with one attached hydrogen (secondary N) is 1. The van der Waals surface area contributed by atoms with Gasteiger partial charge < -0.3 is 5.32 Å². The van der Waals surface area contributed by atoms with Gasteiger partial charge in [0.05, 0.1) is 15.6 Å². The largest absolute Gasteiger partial charge is 0.351 e. The standard InChI is InChI=1S/C15H15N3OS2/c1-2-13-18-11(9-20-13)5-7-16-14(19)12-8-10-4-3-6-17-15(10)21-12/h3-4,6,8-9H,2,5,7H2,1H3,(H,16,19). The van der Waals surface area contributed by atoms with E-state index in [0.29, 0.717) is 11.4 Å². The Hall–Kier alpha value is -1.79. The molecule has 3 aromatic rings. The quantitative estimate of drug-likeness (QED) is 0.785. The molecule has 3 aromatic heterocycles. The Bertz CT molecular complexity index is 730. The normalized spacial score (nSPS) is 10.9. The maximum atomic E-state index is 12.1. The van der Waals surface area contributed by atoms with E-state index in [4.69, 9.17) is 0 Å². The molecule has 0 unspecified atom stereocenters. The highest BCUT2D eigenvalue weighted by atomic mass is 32.1. The van der Waals surface area contributed by atoms with E-state index in [9.17, 15) is 4.79 Å². The Labute approximate surface area is 130 Å². The highest BCUT2D eigenvalue weighted by Gasteiger charge is 2.10. The number of aryl methyl sites for hydroxylation is 1. The number of fused-ring (bicyclic) bond motifs is 1. The molecule has 1 amide bonds. The minimum absolute atomic E-state index is 0.0380. The fourth-order valence-electron chi connectivity index (χ4n) is 2.00. The lowest BCUT2D eigenvalue weighted by Gasteiger charge is -2.01. The van der Waals surface area contributed by atoms with Crippen LogP contribution in [-0.4, -0.2) is 22.4 Å². The average Bonchev–Trinajstić information content (AvgIpc) is 3.13. The molecule has 108 valence electrons. The van der Waals surface area contributed by atoms with Crippen LogP contribution in [0.15, 0.2) is 29.8 Å². The van der Waals surface area contributed by atoms with E-state index in [1.165, 1.54) is 11.3 Å². The molecule has 0 bridgehead atoms. The van der Waals surface area contributed by atoms with Gasteiger partial charge in [0.1, 0.15) is 4.83 Å². The summed E-state index contributed by atoms with van der Waals surface area (Å²) in [5.41, 5.74) is 1.05. The predicted octanol–water partition coefficient (Wildman–Crippen LogP) is 3.29. The molecule has 21 heavy (non-hydrogen) atoms. The second kappa shape index (κ2) is 6.32.